The standard InChI is InChI=1S/C11H20N2O2S/c1-2-11(10-6-4-3-5-7-10)13-16(14,15)9-8-12/h10-11,13H,2-7,9H2,1H3. The van der Waals surface area contributed by atoms with Gasteiger partial charge in [0.1, 0.15) is 0 Å². The van der Waals surface area contributed by atoms with E-state index in [1.165, 1.54) is 19.3 Å². The lowest BCUT2D eigenvalue weighted by atomic mass is 9.83. The van der Waals surface area contributed by atoms with Gasteiger partial charge in [-0.15, -0.1) is 0 Å². The highest BCUT2D eigenvalue weighted by atomic mass is 32.2. The number of rotatable bonds is 5. The molecule has 0 amide bonds. The van der Waals surface area contributed by atoms with Crippen molar-refractivity contribution in [2.24, 2.45) is 5.92 Å². The van der Waals surface area contributed by atoms with Crippen LogP contribution in [0.1, 0.15) is 45.4 Å². The Morgan fingerprint density at radius 2 is 2.00 bits per heavy atom. The minimum Gasteiger partial charge on any atom is -0.211 e. The Balaban J connectivity index is 2.57. The summed E-state index contributed by atoms with van der Waals surface area (Å²) >= 11 is 0. The second-order valence-corrected chi connectivity index (χ2v) is 6.20. The molecule has 0 saturated heterocycles. The van der Waals surface area contributed by atoms with E-state index < -0.39 is 15.8 Å². The molecular weight excluding hydrogens is 224 g/mol. The van der Waals surface area contributed by atoms with Crippen LogP contribution in [-0.4, -0.2) is 20.2 Å². The van der Waals surface area contributed by atoms with Crippen molar-refractivity contribution in [2.75, 3.05) is 5.75 Å². The highest BCUT2D eigenvalue weighted by Crippen LogP contribution is 2.27. The molecule has 1 unspecified atom stereocenters. The SMILES string of the molecule is CCC(NS(=O)(=O)CC#N)C1CCCCC1. The Morgan fingerprint density at radius 3 is 2.50 bits per heavy atom. The first-order chi connectivity index (χ1) is 7.59. The maximum absolute atomic E-state index is 11.5. The molecule has 0 bridgehead atoms. The molecule has 1 atom stereocenters. The molecule has 0 aromatic rings. The summed E-state index contributed by atoms with van der Waals surface area (Å²) in [5.74, 6) is 0.0168. The molecule has 1 fully saturated rings. The summed E-state index contributed by atoms with van der Waals surface area (Å²) in [6.07, 6.45) is 6.66. The molecule has 1 aliphatic carbocycles. The molecule has 1 aliphatic rings. The molecule has 1 rings (SSSR count). The lowest BCUT2D eigenvalue weighted by Gasteiger charge is -2.29. The van der Waals surface area contributed by atoms with Crippen LogP contribution in [-0.2, 0) is 10.0 Å². The van der Waals surface area contributed by atoms with Gasteiger partial charge in [0.2, 0.25) is 10.0 Å². The lowest BCUT2D eigenvalue weighted by Crippen LogP contribution is -2.41. The second kappa shape index (κ2) is 6.21. The topological polar surface area (TPSA) is 70.0 Å². The third-order valence-corrected chi connectivity index (χ3v) is 4.42. The Labute approximate surface area is 98.1 Å². The highest BCUT2D eigenvalue weighted by Gasteiger charge is 2.25. The molecule has 0 aliphatic heterocycles. The van der Waals surface area contributed by atoms with Crippen LogP contribution in [0.2, 0.25) is 0 Å². The first-order valence-electron chi connectivity index (χ1n) is 5.96. The van der Waals surface area contributed by atoms with Crippen LogP contribution < -0.4 is 4.72 Å². The normalized spacial score (nSPS) is 20.2. The summed E-state index contributed by atoms with van der Waals surface area (Å²) in [6.45, 7) is 1.99. The number of hydrogen-bond acceptors (Lipinski definition) is 3. The van der Waals surface area contributed by atoms with Crippen LogP contribution in [0.25, 0.3) is 0 Å². The molecule has 0 spiro atoms. The van der Waals surface area contributed by atoms with Crippen molar-refractivity contribution in [3.05, 3.63) is 0 Å². The van der Waals surface area contributed by atoms with Gasteiger partial charge in [-0.2, -0.15) is 5.26 Å². The van der Waals surface area contributed by atoms with E-state index in [0.29, 0.717) is 5.92 Å². The molecular formula is C11H20N2O2S. The molecule has 92 valence electrons. The quantitative estimate of drug-likeness (QED) is 0.801. The van der Waals surface area contributed by atoms with Crippen LogP contribution in [0.3, 0.4) is 0 Å². The van der Waals surface area contributed by atoms with Gasteiger partial charge in [0.05, 0.1) is 6.07 Å². The van der Waals surface area contributed by atoms with Gasteiger partial charge in [-0.3, -0.25) is 0 Å². The van der Waals surface area contributed by atoms with Crippen molar-refractivity contribution in [1.82, 2.24) is 4.72 Å². The van der Waals surface area contributed by atoms with E-state index in [2.05, 4.69) is 4.72 Å². The van der Waals surface area contributed by atoms with Gasteiger partial charge in [-0.25, -0.2) is 13.1 Å². The number of nitriles is 1. The zero-order chi connectivity index (χ0) is 12.0. The van der Waals surface area contributed by atoms with E-state index in [1.54, 1.807) is 6.07 Å². The van der Waals surface area contributed by atoms with Crippen LogP contribution in [0, 0.1) is 17.2 Å². The average molecular weight is 244 g/mol. The Morgan fingerprint density at radius 1 is 1.38 bits per heavy atom. The number of nitrogens with zero attached hydrogens (tertiary/aromatic N) is 1. The fourth-order valence-electron chi connectivity index (χ4n) is 2.41. The van der Waals surface area contributed by atoms with Gasteiger partial charge in [0.15, 0.2) is 5.75 Å². The number of nitrogens with one attached hydrogen (secondary N) is 1. The van der Waals surface area contributed by atoms with Crippen molar-refractivity contribution in [3.63, 3.8) is 0 Å². The van der Waals surface area contributed by atoms with Crippen molar-refractivity contribution in [1.29, 1.82) is 5.26 Å². The van der Waals surface area contributed by atoms with Gasteiger partial charge >= 0.3 is 0 Å². The van der Waals surface area contributed by atoms with Crippen LogP contribution in [0.5, 0.6) is 0 Å². The van der Waals surface area contributed by atoms with Gasteiger partial charge in [0.25, 0.3) is 0 Å². The Hall–Kier alpha value is -0.600. The fraction of sp³-hybridized carbons (Fsp3) is 0.909. The zero-order valence-corrected chi connectivity index (χ0v) is 10.6. The summed E-state index contributed by atoms with van der Waals surface area (Å²) in [6, 6.07) is 1.70. The van der Waals surface area contributed by atoms with E-state index in [0.717, 1.165) is 19.3 Å². The first-order valence-corrected chi connectivity index (χ1v) is 7.61. The number of sulfonamides is 1. The predicted molar refractivity (Wildman–Crippen MR) is 63.2 cm³/mol. The van der Waals surface area contributed by atoms with E-state index in [4.69, 9.17) is 5.26 Å². The van der Waals surface area contributed by atoms with E-state index in [1.807, 2.05) is 6.92 Å². The molecule has 0 aromatic heterocycles. The molecule has 0 aromatic carbocycles. The van der Waals surface area contributed by atoms with E-state index in [-0.39, 0.29) is 6.04 Å². The summed E-state index contributed by atoms with van der Waals surface area (Å²) in [7, 11) is -3.40. The van der Waals surface area contributed by atoms with Crippen LogP contribution >= 0.6 is 0 Å². The van der Waals surface area contributed by atoms with Crippen molar-refractivity contribution in [2.45, 2.75) is 51.5 Å². The monoisotopic (exact) mass is 244 g/mol. The minimum absolute atomic E-state index is 0.0126. The van der Waals surface area contributed by atoms with Crippen LogP contribution in [0.15, 0.2) is 0 Å². The van der Waals surface area contributed by atoms with Crippen LogP contribution in [0.4, 0.5) is 0 Å². The van der Waals surface area contributed by atoms with Gasteiger partial charge in [-0.1, -0.05) is 26.2 Å². The van der Waals surface area contributed by atoms with Crippen molar-refractivity contribution >= 4 is 10.0 Å². The molecule has 0 radical (unpaired) electrons. The van der Waals surface area contributed by atoms with E-state index in [9.17, 15) is 8.42 Å². The molecule has 5 heteroatoms. The van der Waals surface area contributed by atoms with Gasteiger partial charge in [-0.05, 0) is 25.2 Å². The third-order valence-electron chi connectivity index (χ3n) is 3.24. The third kappa shape index (κ3) is 4.11. The molecule has 16 heavy (non-hydrogen) atoms. The van der Waals surface area contributed by atoms with Gasteiger partial charge < -0.3 is 0 Å². The highest BCUT2D eigenvalue weighted by molar-refractivity contribution is 7.89. The fourth-order valence-corrected chi connectivity index (χ4v) is 3.48. The number of hydrogen-bond donors (Lipinski definition) is 1. The zero-order valence-electron chi connectivity index (χ0n) is 9.78. The molecule has 4 nitrogen and oxygen atoms in total. The molecule has 1 saturated carbocycles. The van der Waals surface area contributed by atoms with Gasteiger partial charge in [0, 0.05) is 6.04 Å². The Kier molecular flexibility index (Phi) is 5.23. The maximum atomic E-state index is 11.5. The second-order valence-electron chi connectivity index (χ2n) is 4.45. The minimum atomic E-state index is -3.40. The Bertz CT molecular complexity index is 339. The summed E-state index contributed by atoms with van der Waals surface area (Å²) in [5, 5.41) is 8.43. The lowest BCUT2D eigenvalue weighted by molar-refractivity contribution is 0.285. The molecule has 0 heterocycles. The summed E-state index contributed by atoms with van der Waals surface area (Å²) in [5.41, 5.74) is 0. The largest absolute Gasteiger partial charge is 0.225 e. The first kappa shape index (κ1) is 13.5. The summed E-state index contributed by atoms with van der Waals surface area (Å²) in [4.78, 5) is 0. The maximum Gasteiger partial charge on any atom is 0.225 e. The average Bonchev–Trinajstić information content (AvgIpc) is 2.27. The predicted octanol–water partition coefficient (Wildman–Crippen LogP) is 1.79. The van der Waals surface area contributed by atoms with E-state index >= 15 is 0 Å². The summed E-state index contributed by atoms with van der Waals surface area (Å²) < 4.78 is 25.7. The molecule has 1 N–H and O–H groups in total. The smallest absolute Gasteiger partial charge is 0.211 e. The van der Waals surface area contributed by atoms with Crippen molar-refractivity contribution < 1.29 is 8.42 Å². The van der Waals surface area contributed by atoms with Crippen molar-refractivity contribution in [3.8, 4) is 6.07 Å².